The van der Waals surface area contributed by atoms with Crippen molar-refractivity contribution in [3.63, 3.8) is 0 Å². The van der Waals surface area contributed by atoms with Crippen LogP contribution in [0.3, 0.4) is 0 Å². The van der Waals surface area contributed by atoms with Crippen molar-refractivity contribution in [2.45, 2.75) is 11.3 Å². The summed E-state index contributed by atoms with van der Waals surface area (Å²) in [7, 11) is -2.85. The molecule has 174 valence electrons. The average molecular weight is 560 g/mol. The van der Waals surface area contributed by atoms with Gasteiger partial charge in [-0.15, -0.1) is 11.3 Å². The molecular weight excluding hydrogens is 541 g/mol. The number of sulfonamides is 1. The summed E-state index contributed by atoms with van der Waals surface area (Å²) >= 11 is 4.86. The maximum atomic E-state index is 13.9. The summed E-state index contributed by atoms with van der Waals surface area (Å²) in [6.07, 6.45) is 3.04. The highest BCUT2D eigenvalue weighted by Crippen LogP contribution is 2.29. The zero-order valence-electron chi connectivity index (χ0n) is 17.9. The number of ether oxygens (including phenoxy) is 1. The van der Waals surface area contributed by atoms with Crippen molar-refractivity contribution in [3.8, 4) is 5.75 Å². The van der Waals surface area contributed by atoms with Crippen LogP contribution < -0.4 is 9.46 Å². The molecule has 0 saturated carbocycles. The van der Waals surface area contributed by atoms with Crippen molar-refractivity contribution >= 4 is 59.4 Å². The quantitative estimate of drug-likeness (QED) is 0.285. The second-order valence-electron chi connectivity index (χ2n) is 7.37. The average Bonchev–Trinajstić information content (AvgIpc) is 3.21. The molecule has 3 aromatic carbocycles. The van der Waals surface area contributed by atoms with Crippen molar-refractivity contribution < 1.29 is 22.3 Å². The van der Waals surface area contributed by atoms with Crippen LogP contribution in [0.4, 0.5) is 4.39 Å². The van der Waals surface area contributed by atoms with E-state index in [1.807, 2.05) is 29.0 Å². The number of benzene rings is 3. The van der Waals surface area contributed by atoms with Gasteiger partial charge in [-0.1, -0.05) is 40.2 Å². The first-order valence-corrected chi connectivity index (χ1v) is 13.2. The van der Waals surface area contributed by atoms with Crippen LogP contribution in [0.15, 0.2) is 82.2 Å². The fourth-order valence-electron chi connectivity index (χ4n) is 3.44. The van der Waals surface area contributed by atoms with E-state index in [0.717, 1.165) is 26.6 Å². The Morgan fingerprint density at radius 2 is 1.91 bits per heavy atom. The molecule has 0 unspecified atom stereocenters. The molecule has 1 amide bonds. The normalized spacial score (nSPS) is 11.7. The molecule has 4 rings (SSSR count). The van der Waals surface area contributed by atoms with E-state index in [9.17, 15) is 17.6 Å². The molecule has 0 atom stereocenters. The van der Waals surface area contributed by atoms with E-state index in [4.69, 9.17) is 4.74 Å². The van der Waals surface area contributed by atoms with Crippen LogP contribution in [0.5, 0.6) is 5.75 Å². The summed E-state index contributed by atoms with van der Waals surface area (Å²) < 4.78 is 48.1. The van der Waals surface area contributed by atoms with Crippen molar-refractivity contribution in [2.75, 3.05) is 7.11 Å². The van der Waals surface area contributed by atoms with Crippen molar-refractivity contribution in [2.24, 2.45) is 0 Å². The monoisotopic (exact) mass is 559 g/mol. The Hall–Kier alpha value is -3.01. The number of nitrogens with one attached hydrogen (secondary N) is 1. The third-order valence-corrected chi connectivity index (χ3v) is 7.99. The molecule has 0 fully saturated rings. The van der Waals surface area contributed by atoms with Gasteiger partial charge in [0.05, 0.1) is 7.11 Å². The zero-order chi connectivity index (χ0) is 24.3. The van der Waals surface area contributed by atoms with Crippen LogP contribution in [-0.4, -0.2) is 21.4 Å². The van der Waals surface area contributed by atoms with Crippen LogP contribution in [0.2, 0.25) is 0 Å². The van der Waals surface area contributed by atoms with Crippen molar-refractivity contribution in [1.29, 1.82) is 0 Å². The van der Waals surface area contributed by atoms with Gasteiger partial charge in [-0.25, -0.2) is 17.5 Å². The molecule has 5 nitrogen and oxygen atoms in total. The molecule has 0 aliphatic carbocycles. The number of carbonyl (C=O) groups is 1. The zero-order valence-corrected chi connectivity index (χ0v) is 21.1. The second kappa shape index (κ2) is 10.1. The van der Waals surface area contributed by atoms with Gasteiger partial charge in [-0.05, 0) is 65.1 Å². The molecule has 0 aliphatic rings. The largest absolute Gasteiger partial charge is 0.495 e. The lowest BCUT2D eigenvalue weighted by atomic mass is 10.0. The molecule has 0 spiro atoms. The third-order valence-electron chi connectivity index (χ3n) is 5.01. The standard InChI is InChI=1S/C25H19BrFNO4S2/c1-32-22-10-8-19(26)15-24(22)34(30,31)28-25(29)11-7-16-12-20(27)9-6-17(16)13-21-14-18-4-2-3-5-23(18)33-21/h2-12,14-15H,13H2,1H3,(H,28,29). The lowest BCUT2D eigenvalue weighted by molar-refractivity contribution is -0.114. The van der Waals surface area contributed by atoms with E-state index in [1.54, 1.807) is 23.5 Å². The van der Waals surface area contributed by atoms with Gasteiger partial charge in [-0.2, -0.15) is 0 Å². The highest BCUT2D eigenvalue weighted by molar-refractivity contribution is 9.10. The minimum absolute atomic E-state index is 0.100. The Balaban J connectivity index is 1.56. The van der Waals surface area contributed by atoms with Gasteiger partial charge < -0.3 is 4.74 Å². The number of methoxy groups -OCH3 is 1. The summed E-state index contributed by atoms with van der Waals surface area (Å²) in [5, 5.41) is 1.13. The van der Waals surface area contributed by atoms with Gasteiger partial charge in [0.25, 0.3) is 15.9 Å². The maximum absolute atomic E-state index is 13.9. The summed E-state index contributed by atoms with van der Waals surface area (Å²) in [5.41, 5.74) is 1.30. The van der Waals surface area contributed by atoms with Crippen LogP contribution in [-0.2, 0) is 21.2 Å². The SMILES string of the molecule is COc1ccc(Br)cc1S(=O)(=O)NC(=O)C=Cc1cc(F)ccc1Cc1cc2ccccc2s1. The Labute approximate surface area is 209 Å². The fourth-order valence-corrected chi connectivity index (χ4v) is 6.18. The van der Waals surface area contributed by atoms with E-state index in [2.05, 4.69) is 22.0 Å². The van der Waals surface area contributed by atoms with Gasteiger partial charge in [-0.3, -0.25) is 4.79 Å². The third kappa shape index (κ3) is 5.55. The topological polar surface area (TPSA) is 72.5 Å². The number of carbonyl (C=O) groups excluding carboxylic acids is 1. The van der Waals surface area contributed by atoms with E-state index in [0.29, 0.717) is 16.5 Å². The fraction of sp³-hybridized carbons (Fsp3) is 0.0800. The molecule has 1 aromatic heterocycles. The smallest absolute Gasteiger partial charge is 0.268 e. The minimum Gasteiger partial charge on any atom is -0.495 e. The summed E-state index contributed by atoms with van der Waals surface area (Å²) in [4.78, 5) is 13.4. The van der Waals surface area contributed by atoms with Crippen LogP contribution in [0, 0.1) is 5.82 Å². The summed E-state index contributed by atoms with van der Waals surface area (Å²) in [6.45, 7) is 0. The number of hydrogen-bond acceptors (Lipinski definition) is 5. The van der Waals surface area contributed by atoms with E-state index in [-0.39, 0.29) is 10.6 Å². The summed E-state index contributed by atoms with van der Waals surface area (Å²) in [6, 6.07) is 18.9. The molecule has 4 aromatic rings. The Bertz CT molecular complexity index is 1480. The predicted octanol–water partition coefficient (Wildman–Crippen LogP) is 5.92. The van der Waals surface area contributed by atoms with Crippen molar-refractivity contribution in [3.05, 3.63) is 99.1 Å². The van der Waals surface area contributed by atoms with Crippen LogP contribution in [0.25, 0.3) is 16.2 Å². The molecule has 0 aliphatic heterocycles. The number of halogens is 2. The van der Waals surface area contributed by atoms with Crippen LogP contribution >= 0.6 is 27.3 Å². The highest BCUT2D eigenvalue weighted by atomic mass is 79.9. The Morgan fingerprint density at radius 1 is 1.12 bits per heavy atom. The number of rotatable bonds is 7. The van der Waals surface area contributed by atoms with Gasteiger partial charge in [0, 0.05) is 26.5 Å². The first-order chi connectivity index (χ1) is 16.2. The number of fused-ring (bicyclic) bond motifs is 1. The van der Waals surface area contributed by atoms with E-state index >= 15 is 0 Å². The van der Waals surface area contributed by atoms with Crippen molar-refractivity contribution in [1.82, 2.24) is 4.72 Å². The molecule has 34 heavy (non-hydrogen) atoms. The molecule has 0 radical (unpaired) electrons. The molecule has 0 bridgehead atoms. The van der Waals surface area contributed by atoms with Gasteiger partial charge in [0.2, 0.25) is 0 Å². The van der Waals surface area contributed by atoms with Crippen LogP contribution in [0.1, 0.15) is 16.0 Å². The molecule has 1 N–H and O–H groups in total. The Kier molecular flexibility index (Phi) is 7.16. The first kappa shape index (κ1) is 24.1. The summed E-state index contributed by atoms with van der Waals surface area (Å²) in [5.74, 6) is -1.21. The predicted molar refractivity (Wildman–Crippen MR) is 136 cm³/mol. The number of hydrogen-bond donors (Lipinski definition) is 1. The Morgan fingerprint density at radius 3 is 2.68 bits per heavy atom. The number of thiophene rings is 1. The second-order valence-corrected chi connectivity index (χ2v) is 11.1. The van der Waals surface area contributed by atoms with Gasteiger partial charge in [0.15, 0.2) is 0 Å². The molecule has 0 saturated heterocycles. The lowest BCUT2D eigenvalue weighted by Crippen LogP contribution is -2.29. The minimum atomic E-state index is -4.19. The lowest BCUT2D eigenvalue weighted by Gasteiger charge is -2.10. The molecule has 1 heterocycles. The molecular formula is C25H19BrFNO4S2. The van der Waals surface area contributed by atoms with E-state index < -0.39 is 21.7 Å². The first-order valence-electron chi connectivity index (χ1n) is 10.1. The maximum Gasteiger partial charge on any atom is 0.268 e. The van der Waals surface area contributed by atoms with Gasteiger partial charge in [0.1, 0.15) is 16.5 Å². The molecule has 9 heteroatoms. The highest BCUT2D eigenvalue weighted by Gasteiger charge is 2.21. The van der Waals surface area contributed by atoms with E-state index in [1.165, 1.54) is 37.5 Å². The van der Waals surface area contributed by atoms with Gasteiger partial charge >= 0.3 is 0 Å². The number of amides is 1.